The van der Waals surface area contributed by atoms with Crippen molar-refractivity contribution in [2.24, 2.45) is 23.7 Å². The fourth-order valence-electron chi connectivity index (χ4n) is 13.2. The van der Waals surface area contributed by atoms with Crippen LogP contribution in [0.15, 0.2) is 161 Å². The number of anilines is 3. The summed E-state index contributed by atoms with van der Waals surface area (Å²) in [5.74, 6) is 3.27. The van der Waals surface area contributed by atoms with Gasteiger partial charge in [-0.1, -0.05) is 130 Å². The van der Waals surface area contributed by atoms with Gasteiger partial charge in [0.1, 0.15) is 0 Å². The van der Waals surface area contributed by atoms with Gasteiger partial charge in [0.25, 0.3) is 0 Å². The van der Waals surface area contributed by atoms with Gasteiger partial charge in [-0.15, -0.1) is 0 Å². The van der Waals surface area contributed by atoms with Crippen LogP contribution in [-0.4, -0.2) is 0 Å². The van der Waals surface area contributed by atoms with Crippen LogP contribution >= 0.6 is 11.8 Å². The van der Waals surface area contributed by atoms with Crippen LogP contribution in [0.1, 0.15) is 94.9 Å². The maximum Gasteiger partial charge on any atom is 0.0465 e. The van der Waals surface area contributed by atoms with Crippen LogP contribution in [0.5, 0.6) is 0 Å². The lowest BCUT2D eigenvalue weighted by Crippen LogP contribution is -2.57. The molecule has 60 heavy (non-hydrogen) atoms. The number of nitrogens with zero attached hydrogens (tertiary/aromatic N) is 1. The molecule has 4 saturated carbocycles. The zero-order valence-electron chi connectivity index (χ0n) is 35.5. The number of hydrogen-bond acceptors (Lipinski definition) is 2. The van der Waals surface area contributed by atoms with E-state index in [-0.39, 0.29) is 16.2 Å². The summed E-state index contributed by atoms with van der Waals surface area (Å²) in [5.41, 5.74) is 15.4. The molecule has 1 nitrogen and oxygen atoms in total. The van der Waals surface area contributed by atoms with Gasteiger partial charge in [0, 0.05) is 32.3 Å². The van der Waals surface area contributed by atoms with E-state index in [1.165, 1.54) is 116 Å². The maximum atomic E-state index is 2.66. The molecule has 2 heteroatoms. The van der Waals surface area contributed by atoms with Gasteiger partial charge >= 0.3 is 0 Å². The molecule has 4 bridgehead atoms. The second-order valence-electron chi connectivity index (χ2n) is 20.5. The van der Waals surface area contributed by atoms with Crippen molar-refractivity contribution in [3.63, 3.8) is 0 Å². The van der Waals surface area contributed by atoms with E-state index in [1.807, 2.05) is 11.8 Å². The molecule has 0 aromatic heterocycles. The Hall–Kier alpha value is -5.05. The first-order valence-corrected chi connectivity index (χ1v) is 23.5. The van der Waals surface area contributed by atoms with E-state index in [0.717, 1.165) is 23.7 Å². The largest absolute Gasteiger partial charge is 0.310 e. The van der Waals surface area contributed by atoms with Gasteiger partial charge in [-0.25, -0.2) is 0 Å². The zero-order chi connectivity index (χ0) is 40.4. The smallest absolute Gasteiger partial charge is 0.0465 e. The van der Waals surface area contributed by atoms with Crippen LogP contribution in [0.2, 0.25) is 0 Å². The molecular weight excluding hydrogens is 743 g/mol. The number of hydrogen-bond donors (Lipinski definition) is 0. The maximum absolute atomic E-state index is 2.66. The minimum absolute atomic E-state index is 0.0932. The number of fused-ring (bicyclic) bond motifs is 4. The summed E-state index contributed by atoms with van der Waals surface area (Å²) in [7, 11) is 0. The van der Waals surface area contributed by atoms with Gasteiger partial charge in [0.15, 0.2) is 0 Å². The van der Waals surface area contributed by atoms with Gasteiger partial charge < -0.3 is 4.90 Å². The Bertz CT molecular complexity index is 2780. The van der Waals surface area contributed by atoms with E-state index in [0.29, 0.717) is 0 Å². The quantitative estimate of drug-likeness (QED) is 0.171. The number of rotatable bonds is 5. The summed E-state index contributed by atoms with van der Waals surface area (Å²) in [6, 6.07) is 58.4. The molecule has 298 valence electrons. The SMILES string of the molecule is CC1(C)CCC(C)(C)c2cc(N(c3ccc(-c4ccc5cc(-c6ccccc6)ccc5c4)cc3)c3ccc4c(c3)C3(c5ccccc5S4)C4CC5CC(C4)CC3C5)ccc21. The van der Waals surface area contributed by atoms with E-state index < -0.39 is 0 Å². The topological polar surface area (TPSA) is 3.24 Å². The summed E-state index contributed by atoms with van der Waals surface area (Å²) in [4.78, 5) is 5.55. The fourth-order valence-corrected chi connectivity index (χ4v) is 14.4. The Balaban J connectivity index is 0.986. The van der Waals surface area contributed by atoms with Crippen molar-refractivity contribution in [3.05, 3.63) is 174 Å². The van der Waals surface area contributed by atoms with Crippen LogP contribution < -0.4 is 4.90 Å². The van der Waals surface area contributed by atoms with Gasteiger partial charge in [-0.2, -0.15) is 0 Å². The van der Waals surface area contributed by atoms with Crippen molar-refractivity contribution in [1.82, 2.24) is 0 Å². The standard InChI is InChI=1S/C58H55NS/c1-56(2)26-27-57(3,4)52-35-48(22-24-50(52)56)59(47-20-18-40(19-21-47)42-15-17-43-33-41(14-16-44(43)34-42)39-10-6-5-7-11-39)49-23-25-55-53(36-49)58(51-12-8-9-13-54(51)60-55)45-29-37-28-38(31-45)32-46(58)30-37/h5-25,33-38,45-46H,26-32H2,1-4H3. The van der Waals surface area contributed by atoms with Crippen molar-refractivity contribution >= 4 is 39.6 Å². The molecule has 1 heterocycles. The van der Waals surface area contributed by atoms with E-state index in [2.05, 4.69) is 184 Å². The Morgan fingerprint density at radius 3 is 1.60 bits per heavy atom. The second kappa shape index (κ2) is 13.5. The van der Waals surface area contributed by atoms with Gasteiger partial charge in [0.2, 0.25) is 0 Å². The highest BCUT2D eigenvalue weighted by Crippen LogP contribution is 2.69. The molecule has 7 aromatic carbocycles. The second-order valence-corrected chi connectivity index (χ2v) is 21.6. The third-order valence-corrected chi connectivity index (χ3v) is 17.3. The average molecular weight is 798 g/mol. The van der Waals surface area contributed by atoms with Crippen LogP contribution in [0, 0.1) is 23.7 Å². The highest BCUT2D eigenvalue weighted by molar-refractivity contribution is 7.99. The molecule has 7 aromatic rings. The van der Waals surface area contributed by atoms with Crippen LogP contribution in [0.25, 0.3) is 33.0 Å². The predicted molar refractivity (Wildman–Crippen MR) is 253 cm³/mol. The molecule has 6 aliphatic rings. The van der Waals surface area contributed by atoms with Gasteiger partial charge in [-0.3, -0.25) is 0 Å². The van der Waals surface area contributed by atoms with Crippen LogP contribution in [-0.2, 0) is 16.2 Å². The average Bonchev–Trinajstić information content (AvgIpc) is 3.27. The molecule has 4 fully saturated rings. The Kier molecular flexibility index (Phi) is 8.26. The summed E-state index contributed by atoms with van der Waals surface area (Å²) in [5, 5.41) is 2.54. The van der Waals surface area contributed by atoms with E-state index in [4.69, 9.17) is 0 Å². The highest BCUT2D eigenvalue weighted by Gasteiger charge is 2.60. The third kappa shape index (κ3) is 5.66. The highest BCUT2D eigenvalue weighted by atomic mass is 32.2. The third-order valence-electron chi connectivity index (χ3n) is 16.1. The summed E-state index contributed by atoms with van der Waals surface area (Å²) in [6.07, 6.45) is 9.44. The van der Waals surface area contributed by atoms with Crippen molar-refractivity contribution in [2.45, 2.75) is 98.7 Å². The van der Waals surface area contributed by atoms with E-state index >= 15 is 0 Å². The molecule has 0 N–H and O–H groups in total. The fraction of sp³-hybridized carbons (Fsp3) is 0.310. The van der Waals surface area contributed by atoms with Gasteiger partial charge in [0.05, 0.1) is 0 Å². The van der Waals surface area contributed by atoms with Crippen LogP contribution in [0.4, 0.5) is 17.1 Å². The molecule has 0 saturated heterocycles. The molecule has 0 atom stereocenters. The first-order chi connectivity index (χ1) is 29.1. The molecule has 0 radical (unpaired) electrons. The molecule has 0 amide bonds. The lowest BCUT2D eigenvalue weighted by molar-refractivity contribution is -0.0443. The van der Waals surface area contributed by atoms with Crippen LogP contribution in [0.3, 0.4) is 0 Å². The molecule has 1 aliphatic heterocycles. The minimum atomic E-state index is 0.0932. The zero-order valence-corrected chi connectivity index (χ0v) is 36.4. The van der Waals surface area contributed by atoms with Crippen molar-refractivity contribution in [3.8, 4) is 22.3 Å². The summed E-state index contributed by atoms with van der Waals surface area (Å²) in [6.45, 7) is 9.80. The lowest BCUT2D eigenvalue weighted by Gasteiger charge is -2.63. The first-order valence-electron chi connectivity index (χ1n) is 22.7. The normalized spacial score (nSPS) is 25.1. The summed E-state index contributed by atoms with van der Waals surface area (Å²) < 4.78 is 0. The first kappa shape index (κ1) is 36.8. The lowest BCUT2D eigenvalue weighted by atomic mass is 9.42. The Morgan fingerprint density at radius 2 is 0.933 bits per heavy atom. The Labute approximate surface area is 361 Å². The molecular formula is C58H55NS. The van der Waals surface area contributed by atoms with Crippen molar-refractivity contribution in [1.29, 1.82) is 0 Å². The molecule has 13 rings (SSSR count). The van der Waals surface area contributed by atoms with Gasteiger partial charge in [-0.05, 0) is 195 Å². The predicted octanol–water partition coefficient (Wildman–Crippen LogP) is 16.2. The van der Waals surface area contributed by atoms with Crippen molar-refractivity contribution in [2.75, 3.05) is 4.90 Å². The Morgan fingerprint density at radius 1 is 0.417 bits per heavy atom. The van der Waals surface area contributed by atoms with E-state index in [1.54, 1.807) is 11.1 Å². The van der Waals surface area contributed by atoms with Crippen molar-refractivity contribution < 1.29 is 0 Å². The molecule has 5 aliphatic carbocycles. The monoisotopic (exact) mass is 797 g/mol. The summed E-state index contributed by atoms with van der Waals surface area (Å²) >= 11 is 2.01. The van der Waals surface area contributed by atoms with E-state index in [9.17, 15) is 0 Å². The number of benzene rings is 7. The minimum Gasteiger partial charge on any atom is -0.310 e. The molecule has 0 unspecified atom stereocenters. The molecule has 1 spiro atoms.